The minimum atomic E-state index is -1.54. The van der Waals surface area contributed by atoms with E-state index in [2.05, 4.69) is 6.58 Å². The Morgan fingerprint density at radius 2 is 1.47 bits per heavy atom. The number of hydrogen-bond acceptors (Lipinski definition) is 5. The molecule has 0 aliphatic heterocycles. The highest BCUT2D eigenvalue weighted by atomic mass is 16.6. The molecule has 5 heteroatoms. The molecule has 19 heavy (non-hydrogen) atoms. The van der Waals surface area contributed by atoms with Gasteiger partial charge in [0.15, 0.2) is 6.10 Å². The molecule has 0 heterocycles. The minimum absolute atomic E-state index is 0.180. The van der Waals surface area contributed by atoms with Gasteiger partial charge in [0.25, 0.3) is 0 Å². The fourth-order valence-electron chi connectivity index (χ4n) is 1.49. The zero-order valence-electron chi connectivity index (χ0n) is 12.3. The summed E-state index contributed by atoms with van der Waals surface area (Å²) < 4.78 is 9.94. The molecule has 0 aliphatic carbocycles. The van der Waals surface area contributed by atoms with E-state index in [0.717, 1.165) is 0 Å². The molecule has 0 aliphatic rings. The van der Waals surface area contributed by atoms with Gasteiger partial charge < -0.3 is 14.6 Å². The lowest BCUT2D eigenvalue weighted by atomic mass is 9.95. The molecule has 0 rings (SSSR count). The summed E-state index contributed by atoms with van der Waals surface area (Å²) >= 11 is 0. The quantitative estimate of drug-likeness (QED) is 0.565. The number of allylic oxidation sites excluding steroid dienone is 1. The van der Waals surface area contributed by atoms with Crippen LogP contribution in [0.3, 0.4) is 0 Å². The van der Waals surface area contributed by atoms with E-state index in [1.165, 1.54) is 0 Å². The van der Waals surface area contributed by atoms with Crippen LogP contribution in [0.4, 0.5) is 0 Å². The molecule has 0 fully saturated rings. The van der Waals surface area contributed by atoms with Gasteiger partial charge in [-0.2, -0.15) is 0 Å². The van der Waals surface area contributed by atoms with E-state index >= 15 is 0 Å². The second-order valence-electron chi connectivity index (χ2n) is 5.18. The third-order valence-corrected chi connectivity index (χ3v) is 2.20. The lowest BCUT2D eigenvalue weighted by Crippen LogP contribution is -2.39. The van der Waals surface area contributed by atoms with E-state index in [-0.39, 0.29) is 18.6 Å². The Bertz CT molecular complexity index is 333. The van der Waals surface area contributed by atoms with Crippen LogP contribution in [0.15, 0.2) is 12.2 Å². The van der Waals surface area contributed by atoms with Crippen molar-refractivity contribution in [1.82, 2.24) is 0 Å². The first-order chi connectivity index (χ1) is 8.65. The van der Waals surface area contributed by atoms with Crippen LogP contribution in [0.5, 0.6) is 0 Å². The van der Waals surface area contributed by atoms with Gasteiger partial charge in [-0.1, -0.05) is 5.57 Å². The molecule has 0 aromatic rings. The number of rotatable bonds is 7. The Labute approximate surface area is 114 Å². The Kier molecular flexibility index (Phi) is 7.37. The number of esters is 2. The number of carbonyl (C=O) groups excluding carboxylic acids is 2. The van der Waals surface area contributed by atoms with Crippen LogP contribution >= 0.6 is 0 Å². The fraction of sp³-hybridized carbons (Fsp3) is 0.714. The highest BCUT2D eigenvalue weighted by Crippen LogP contribution is 2.19. The van der Waals surface area contributed by atoms with Gasteiger partial charge in [0, 0.05) is 0 Å². The van der Waals surface area contributed by atoms with E-state index < -0.39 is 24.0 Å². The van der Waals surface area contributed by atoms with Crippen LogP contribution in [0, 0.1) is 5.92 Å². The third-order valence-electron chi connectivity index (χ3n) is 2.20. The molecule has 0 unspecified atom stereocenters. The van der Waals surface area contributed by atoms with E-state index in [9.17, 15) is 14.7 Å². The van der Waals surface area contributed by atoms with Crippen molar-refractivity contribution in [2.24, 2.45) is 5.92 Å². The van der Waals surface area contributed by atoms with Gasteiger partial charge in [-0.05, 0) is 41.0 Å². The van der Waals surface area contributed by atoms with Crippen LogP contribution in [-0.4, -0.2) is 35.4 Å². The summed E-state index contributed by atoms with van der Waals surface area (Å²) in [6.45, 7) is 12.2. The van der Waals surface area contributed by atoms with Crippen molar-refractivity contribution >= 4 is 11.9 Å². The largest absolute Gasteiger partial charge is 0.463 e. The lowest BCUT2D eigenvalue weighted by Gasteiger charge is -2.22. The van der Waals surface area contributed by atoms with Crippen LogP contribution in [0.25, 0.3) is 0 Å². The Morgan fingerprint density at radius 1 is 1.05 bits per heavy atom. The van der Waals surface area contributed by atoms with Crippen molar-refractivity contribution < 1.29 is 24.2 Å². The van der Waals surface area contributed by atoms with E-state index in [4.69, 9.17) is 9.47 Å². The Balaban J connectivity index is 4.87. The maximum atomic E-state index is 11.9. The molecule has 1 N–H and O–H groups in total. The van der Waals surface area contributed by atoms with Gasteiger partial charge in [0.05, 0.1) is 18.1 Å². The Hall–Kier alpha value is -1.36. The predicted molar refractivity (Wildman–Crippen MR) is 71.4 cm³/mol. The molecule has 0 aromatic carbocycles. The number of aliphatic hydroxyl groups is 1. The van der Waals surface area contributed by atoms with E-state index in [0.29, 0.717) is 5.57 Å². The summed E-state index contributed by atoms with van der Waals surface area (Å²) in [5.41, 5.74) is 0.683. The minimum Gasteiger partial charge on any atom is -0.463 e. The van der Waals surface area contributed by atoms with Crippen LogP contribution in [0.2, 0.25) is 0 Å². The summed E-state index contributed by atoms with van der Waals surface area (Å²) in [5.74, 6) is -2.42. The molecule has 110 valence electrons. The van der Waals surface area contributed by atoms with Crippen molar-refractivity contribution in [3.8, 4) is 0 Å². The predicted octanol–water partition coefficient (Wildman–Crippen LogP) is 1.83. The highest BCUT2D eigenvalue weighted by molar-refractivity contribution is 5.84. The van der Waals surface area contributed by atoms with Crippen molar-refractivity contribution in [2.75, 3.05) is 0 Å². The van der Waals surface area contributed by atoms with Crippen LogP contribution < -0.4 is 0 Å². The summed E-state index contributed by atoms with van der Waals surface area (Å²) in [6, 6.07) is 0. The van der Waals surface area contributed by atoms with E-state index in [1.807, 2.05) is 0 Å². The average Bonchev–Trinajstić information content (AvgIpc) is 2.22. The highest BCUT2D eigenvalue weighted by Gasteiger charge is 2.35. The second kappa shape index (κ2) is 7.94. The number of ether oxygens (including phenoxy) is 2. The summed E-state index contributed by atoms with van der Waals surface area (Å²) in [7, 11) is 0. The Morgan fingerprint density at radius 3 is 1.84 bits per heavy atom. The van der Waals surface area contributed by atoms with Gasteiger partial charge in [-0.3, -0.25) is 4.79 Å². The second-order valence-corrected chi connectivity index (χ2v) is 5.18. The molecule has 0 saturated carbocycles. The molecule has 5 nitrogen and oxygen atoms in total. The zero-order chi connectivity index (χ0) is 15.2. The maximum absolute atomic E-state index is 11.9. The molecule has 0 amide bonds. The molecule has 0 saturated heterocycles. The van der Waals surface area contributed by atoms with Crippen LogP contribution in [-0.2, 0) is 19.1 Å². The summed E-state index contributed by atoms with van der Waals surface area (Å²) in [5, 5.41) is 9.94. The smallest absolute Gasteiger partial charge is 0.336 e. The van der Waals surface area contributed by atoms with Gasteiger partial charge >= 0.3 is 11.9 Å². The molecule has 0 bridgehead atoms. The van der Waals surface area contributed by atoms with Crippen molar-refractivity contribution in [3.63, 3.8) is 0 Å². The molecule has 0 spiro atoms. The molecule has 0 radical (unpaired) electrons. The molecule has 0 aromatic heterocycles. The lowest BCUT2D eigenvalue weighted by molar-refractivity contribution is -0.170. The van der Waals surface area contributed by atoms with Gasteiger partial charge in [-0.15, -0.1) is 6.58 Å². The van der Waals surface area contributed by atoms with Crippen molar-refractivity contribution in [2.45, 2.75) is 59.4 Å². The first-order valence-electron chi connectivity index (χ1n) is 6.38. The number of hydrogen-bond donors (Lipinski definition) is 1. The zero-order valence-corrected chi connectivity index (χ0v) is 12.3. The van der Waals surface area contributed by atoms with Crippen LogP contribution in [0.1, 0.15) is 41.0 Å². The van der Waals surface area contributed by atoms with Crippen molar-refractivity contribution in [1.29, 1.82) is 0 Å². The SMILES string of the molecule is C=C(C)C[C@H](C(=O)OC(C)C)[C@@H](O)C(=O)OC(C)C. The first kappa shape index (κ1) is 17.6. The van der Waals surface area contributed by atoms with Gasteiger partial charge in [0.2, 0.25) is 0 Å². The normalized spacial score (nSPS) is 14.1. The maximum Gasteiger partial charge on any atom is 0.336 e. The van der Waals surface area contributed by atoms with E-state index in [1.54, 1.807) is 34.6 Å². The molecular weight excluding hydrogens is 248 g/mol. The number of aliphatic hydroxyl groups excluding tert-OH is 1. The average molecular weight is 272 g/mol. The standard InChI is InChI=1S/C14H24O5/c1-8(2)7-11(13(16)18-9(3)4)12(15)14(17)19-10(5)6/h9-12,15H,1,7H2,2-6H3/t11-,12+/m0/s1. The fourth-order valence-corrected chi connectivity index (χ4v) is 1.49. The van der Waals surface area contributed by atoms with Gasteiger partial charge in [-0.25, -0.2) is 4.79 Å². The molecule has 2 atom stereocenters. The summed E-state index contributed by atoms with van der Waals surface area (Å²) in [4.78, 5) is 23.5. The molecular formula is C14H24O5. The monoisotopic (exact) mass is 272 g/mol. The third kappa shape index (κ3) is 6.96. The first-order valence-corrected chi connectivity index (χ1v) is 6.38. The van der Waals surface area contributed by atoms with Gasteiger partial charge in [0.1, 0.15) is 0 Å². The summed E-state index contributed by atoms with van der Waals surface area (Å²) in [6.07, 6.45) is -2.02. The topological polar surface area (TPSA) is 72.8 Å². The number of carbonyl (C=O) groups is 2. The van der Waals surface area contributed by atoms with Crippen molar-refractivity contribution in [3.05, 3.63) is 12.2 Å².